The zero-order valence-corrected chi connectivity index (χ0v) is 11.1. The number of hydrogen-bond donors (Lipinski definition) is 2. The molecule has 0 aliphatic carbocycles. The number of terminal acetylenes is 1. The molecule has 0 aliphatic heterocycles. The highest BCUT2D eigenvalue weighted by Crippen LogP contribution is 1.95. The minimum Gasteiger partial charge on any atom is -0.314 e. The lowest BCUT2D eigenvalue weighted by atomic mass is 10.3. The Morgan fingerprint density at radius 3 is 2.44 bits per heavy atom. The summed E-state index contributed by atoms with van der Waals surface area (Å²) in [6.45, 7) is 6.54. The third kappa shape index (κ3) is 8.72. The summed E-state index contributed by atoms with van der Waals surface area (Å²) in [5.41, 5.74) is 0. The second kappa shape index (κ2) is 7.66. The molecule has 5 heteroatoms. The van der Waals surface area contributed by atoms with Crippen LogP contribution in [0, 0.1) is 12.3 Å². The van der Waals surface area contributed by atoms with Crippen molar-refractivity contribution in [2.75, 3.05) is 12.3 Å². The lowest BCUT2D eigenvalue weighted by molar-refractivity contribution is 0.549. The summed E-state index contributed by atoms with van der Waals surface area (Å²) in [5.74, 6) is 2.57. The molecule has 16 heavy (non-hydrogen) atoms. The monoisotopic (exact) mass is 246 g/mol. The Bertz CT molecular complexity index is 317. The molecular weight excluding hydrogens is 224 g/mol. The van der Waals surface area contributed by atoms with E-state index in [2.05, 4.69) is 16.0 Å². The molecule has 0 bridgehead atoms. The zero-order chi connectivity index (χ0) is 12.6. The lowest BCUT2D eigenvalue weighted by Crippen LogP contribution is -2.35. The molecule has 0 rings (SSSR count). The molecule has 0 saturated carbocycles. The van der Waals surface area contributed by atoms with Crippen LogP contribution in [0.15, 0.2) is 0 Å². The van der Waals surface area contributed by atoms with E-state index in [4.69, 9.17) is 6.42 Å². The van der Waals surface area contributed by atoms with E-state index < -0.39 is 10.0 Å². The second-order valence-corrected chi connectivity index (χ2v) is 6.08. The van der Waals surface area contributed by atoms with Crippen LogP contribution >= 0.6 is 0 Å². The Kier molecular flexibility index (Phi) is 7.39. The van der Waals surface area contributed by atoms with E-state index >= 15 is 0 Å². The average molecular weight is 246 g/mol. The molecule has 0 heterocycles. The molecule has 0 spiro atoms. The predicted octanol–water partition coefficient (Wildman–Crippen LogP) is 0.706. The van der Waals surface area contributed by atoms with Gasteiger partial charge >= 0.3 is 0 Å². The van der Waals surface area contributed by atoms with Gasteiger partial charge in [0.1, 0.15) is 0 Å². The summed E-state index contributed by atoms with van der Waals surface area (Å²) in [6, 6.07) is 0.198. The van der Waals surface area contributed by atoms with Crippen LogP contribution in [0.2, 0.25) is 0 Å². The molecule has 94 valence electrons. The zero-order valence-electron chi connectivity index (χ0n) is 10.3. The first kappa shape index (κ1) is 15.4. The summed E-state index contributed by atoms with van der Waals surface area (Å²) in [7, 11) is -3.19. The van der Waals surface area contributed by atoms with E-state index in [9.17, 15) is 8.42 Å². The fourth-order valence-corrected chi connectivity index (χ4v) is 2.58. The summed E-state index contributed by atoms with van der Waals surface area (Å²) >= 11 is 0. The minimum absolute atomic E-state index is 0.141. The maximum absolute atomic E-state index is 11.6. The van der Waals surface area contributed by atoms with Crippen molar-refractivity contribution in [3.8, 4) is 12.3 Å². The van der Waals surface area contributed by atoms with Crippen molar-refractivity contribution in [3.05, 3.63) is 0 Å². The molecule has 0 aromatic rings. The van der Waals surface area contributed by atoms with Crippen LogP contribution in [0.4, 0.5) is 0 Å². The van der Waals surface area contributed by atoms with Gasteiger partial charge in [0.15, 0.2) is 0 Å². The first-order valence-electron chi connectivity index (χ1n) is 5.54. The molecule has 0 aromatic carbocycles. The van der Waals surface area contributed by atoms with Gasteiger partial charge in [-0.05, 0) is 19.9 Å². The van der Waals surface area contributed by atoms with Crippen LogP contribution in [0.25, 0.3) is 0 Å². The van der Waals surface area contributed by atoms with Crippen molar-refractivity contribution in [3.63, 3.8) is 0 Å². The number of rotatable bonds is 8. The number of hydrogen-bond acceptors (Lipinski definition) is 3. The SMILES string of the molecule is C#CCC(C)NS(=O)(=O)CCCNC(C)C. The Balaban J connectivity index is 3.84. The van der Waals surface area contributed by atoms with Gasteiger partial charge in [0.25, 0.3) is 0 Å². The molecule has 4 nitrogen and oxygen atoms in total. The highest BCUT2D eigenvalue weighted by molar-refractivity contribution is 7.89. The molecule has 0 aromatic heterocycles. The van der Waals surface area contributed by atoms with Gasteiger partial charge in [0.2, 0.25) is 10.0 Å². The largest absolute Gasteiger partial charge is 0.314 e. The van der Waals surface area contributed by atoms with E-state index in [-0.39, 0.29) is 11.8 Å². The molecule has 1 unspecified atom stereocenters. The summed E-state index contributed by atoms with van der Waals surface area (Å²) in [6.07, 6.45) is 6.14. The van der Waals surface area contributed by atoms with Crippen molar-refractivity contribution < 1.29 is 8.42 Å². The van der Waals surface area contributed by atoms with Crippen LogP contribution in [0.5, 0.6) is 0 Å². The first-order valence-corrected chi connectivity index (χ1v) is 7.19. The van der Waals surface area contributed by atoms with E-state index in [1.807, 2.05) is 13.8 Å². The first-order chi connectivity index (χ1) is 7.37. The van der Waals surface area contributed by atoms with Crippen molar-refractivity contribution in [1.82, 2.24) is 10.0 Å². The van der Waals surface area contributed by atoms with Crippen LogP contribution < -0.4 is 10.0 Å². The smallest absolute Gasteiger partial charge is 0.211 e. The van der Waals surface area contributed by atoms with Gasteiger partial charge in [-0.2, -0.15) is 0 Å². The molecule has 0 radical (unpaired) electrons. The summed E-state index contributed by atoms with van der Waals surface area (Å²) < 4.78 is 25.7. The molecule has 2 N–H and O–H groups in total. The minimum atomic E-state index is -3.19. The Morgan fingerprint density at radius 1 is 1.31 bits per heavy atom. The maximum Gasteiger partial charge on any atom is 0.211 e. The normalized spacial score (nSPS) is 13.7. The third-order valence-electron chi connectivity index (χ3n) is 1.95. The number of nitrogens with one attached hydrogen (secondary N) is 2. The van der Waals surface area contributed by atoms with Crippen molar-refractivity contribution >= 4 is 10.0 Å². The van der Waals surface area contributed by atoms with Gasteiger partial charge in [-0.3, -0.25) is 0 Å². The van der Waals surface area contributed by atoms with Gasteiger partial charge in [-0.1, -0.05) is 13.8 Å². The fourth-order valence-electron chi connectivity index (χ4n) is 1.24. The molecule has 0 saturated heterocycles. The average Bonchev–Trinajstić information content (AvgIpc) is 2.11. The number of sulfonamides is 1. The van der Waals surface area contributed by atoms with Crippen molar-refractivity contribution in [2.24, 2.45) is 0 Å². The standard InChI is InChI=1S/C11H22N2O2S/c1-5-7-11(4)13-16(14,15)9-6-8-12-10(2)3/h1,10-13H,6-9H2,2-4H3. The maximum atomic E-state index is 11.6. The van der Waals surface area contributed by atoms with Gasteiger partial charge in [0.05, 0.1) is 5.75 Å². The molecule has 0 aliphatic rings. The Labute approximate surface area is 99.2 Å². The van der Waals surface area contributed by atoms with E-state index in [1.165, 1.54) is 0 Å². The van der Waals surface area contributed by atoms with Crippen LogP contribution in [0.1, 0.15) is 33.6 Å². The third-order valence-corrected chi connectivity index (χ3v) is 3.53. The van der Waals surface area contributed by atoms with E-state index in [0.29, 0.717) is 25.4 Å². The van der Waals surface area contributed by atoms with E-state index in [1.54, 1.807) is 6.92 Å². The van der Waals surface area contributed by atoms with Crippen LogP contribution in [-0.4, -0.2) is 32.8 Å². The van der Waals surface area contributed by atoms with Gasteiger partial charge < -0.3 is 5.32 Å². The highest BCUT2D eigenvalue weighted by Gasteiger charge is 2.13. The van der Waals surface area contributed by atoms with E-state index in [0.717, 1.165) is 0 Å². The molecular formula is C11H22N2O2S. The second-order valence-electron chi connectivity index (χ2n) is 4.21. The predicted molar refractivity (Wildman–Crippen MR) is 67.6 cm³/mol. The van der Waals surface area contributed by atoms with Crippen molar-refractivity contribution in [1.29, 1.82) is 0 Å². The van der Waals surface area contributed by atoms with Gasteiger partial charge in [-0.25, -0.2) is 13.1 Å². The van der Waals surface area contributed by atoms with Gasteiger partial charge in [-0.15, -0.1) is 12.3 Å². The fraction of sp³-hybridized carbons (Fsp3) is 0.818. The topological polar surface area (TPSA) is 58.2 Å². The van der Waals surface area contributed by atoms with Crippen LogP contribution in [-0.2, 0) is 10.0 Å². The Hall–Kier alpha value is -0.570. The molecule has 0 fully saturated rings. The molecule has 0 amide bonds. The quantitative estimate of drug-likeness (QED) is 0.490. The summed E-state index contributed by atoms with van der Waals surface area (Å²) in [4.78, 5) is 0. The molecule has 1 atom stereocenters. The Morgan fingerprint density at radius 2 is 1.94 bits per heavy atom. The van der Waals surface area contributed by atoms with Crippen molar-refractivity contribution in [2.45, 2.75) is 45.7 Å². The lowest BCUT2D eigenvalue weighted by Gasteiger charge is -2.12. The van der Waals surface area contributed by atoms with Gasteiger partial charge in [0, 0.05) is 18.5 Å². The van der Waals surface area contributed by atoms with Crippen LogP contribution in [0.3, 0.4) is 0 Å². The highest BCUT2D eigenvalue weighted by atomic mass is 32.2. The summed E-state index contributed by atoms with van der Waals surface area (Å²) in [5, 5.41) is 3.17.